The molecule has 0 saturated heterocycles. The van der Waals surface area contributed by atoms with Crippen LogP contribution in [0.3, 0.4) is 0 Å². The molecule has 0 atom stereocenters. The van der Waals surface area contributed by atoms with Crippen molar-refractivity contribution < 1.29 is 13.9 Å². The van der Waals surface area contributed by atoms with E-state index in [1.54, 1.807) is 24.3 Å². The number of hydrogen-bond donors (Lipinski definition) is 1. The lowest BCUT2D eigenvalue weighted by Gasteiger charge is -1.82. The molecule has 1 aromatic carbocycles. The largest absolute Gasteiger partial charge is 0.508 e. The van der Waals surface area contributed by atoms with Crippen LogP contribution in [-0.2, 0) is 0 Å². The van der Waals surface area contributed by atoms with E-state index in [1.165, 1.54) is 0 Å². The molecule has 0 aliphatic carbocycles. The Morgan fingerprint density at radius 1 is 0.733 bits per heavy atom. The van der Waals surface area contributed by atoms with Gasteiger partial charge in [0, 0.05) is 0 Å². The van der Waals surface area contributed by atoms with Gasteiger partial charge in [-0.3, -0.25) is 8.78 Å². The molecule has 0 fully saturated rings. The van der Waals surface area contributed by atoms with E-state index in [1.807, 2.05) is 33.8 Å². The zero-order valence-electron chi connectivity index (χ0n) is 10.6. The fraction of sp³-hybridized carbons (Fsp3) is 0.500. The van der Waals surface area contributed by atoms with Gasteiger partial charge in [-0.05, 0) is 12.1 Å². The van der Waals surface area contributed by atoms with E-state index >= 15 is 0 Å². The monoisotopic (exact) mass is 222 g/mol. The maximum atomic E-state index is 9.50. The quantitative estimate of drug-likeness (QED) is 0.679. The van der Waals surface area contributed by atoms with Crippen LogP contribution in [0.2, 0.25) is 0 Å². The van der Waals surface area contributed by atoms with Crippen LogP contribution in [0.15, 0.2) is 30.3 Å². The second kappa shape index (κ2) is 38.4. The van der Waals surface area contributed by atoms with Crippen LogP contribution in [0.5, 0.6) is 5.75 Å². The summed E-state index contributed by atoms with van der Waals surface area (Å²) in [6, 6.07) is 8.71. The molecule has 0 unspecified atom stereocenters. The average molecular weight is 222 g/mol. The molecule has 0 aliphatic rings. The molecule has 0 radical (unpaired) electrons. The molecule has 92 valence electrons. The van der Waals surface area contributed by atoms with E-state index in [2.05, 4.69) is 0 Å². The van der Waals surface area contributed by atoms with Gasteiger partial charge in [0.25, 0.3) is 0 Å². The molecule has 1 N–H and O–H groups in total. The molecule has 1 nitrogen and oxygen atoms in total. The minimum atomic E-state index is 0.322. The Balaban J connectivity index is -0.0000000650. The lowest BCUT2D eigenvalue weighted by Crippen LogP contribution is -1.56. The maximum absolute atomic E-state index is 9.50. The minimum absolute atomic E-state index is 0.322. The maximum Gasteiger partial charge on any atom is 0.115 e. The number of rotatable bonds is 0. The summed E-state index contributed by atoms with van der Waals surface area (Å²) in [6.45, 7) is 8.00. The summed E-state index contributed by atoms with van der Waals surface area (Å²) in [5, 5.41) is 8.63. The first-order valence-electron chi connectivity index (χ1n) is 4.89. The normalized spacial score (nSPS) is 5.60. The predicted octanol–water partition coefficient (Wildman–Crippen LogP) is 4.62. The SMILES string of the molecule is CC.CC.CF.CF.Oc1ccccc1. The molecular weight excluding hydrogens is 198 g/mol. The Bertz CT molecular complexity index is 144. The number of aromatic hydroxyl groups is 1. The summed E-state index contributed by atoms with van der Waals surface area (Å²) in [4.78, 5) is 0. The van der Waals surface area contributed by atoms with Crippen LogP contribution in [0.25, 0.3) is 0 Å². The number of benzene rings is 1. The van der Waals surface area contributed by atoms with Crippen LogP contribution < -0.4 is 0 Å². The Morgan fingerprint density at radius 2 is 1.00 bits per heavy atom. The zero-order valence-corrected chi connectivity index (χ0v) is 10.6. The van der Waals surface area contributed by atoms with E-state index in [9.17, 15) is 8.78 Å². The Labute approximate surface area is 92.8 Å². The Morgan fingerprint density at radius 3 is 1.13 bits per heavy atom. The van der Waals surface area contributed by atoms with Crippen LogP contribution in [0, 0.1) is 0 Å². The zero-order chi connectivity index (χ0) is 13.1. The number of alkyl halides is 2. The Kier molecular flexibility index (Phi) is 60.4. The van der Waals surface area contributed by atoms with Crippen molar-refractivity contribution in [2.24, 2.45) is 0 Å². The molecule has 3 heteroatoms. The standard InChI is InChI=1S/C6H6O.2C2H6.2CH3F/c7-6-4-2-1-3-5-6;4*1-2/h1-5,7H;2*1-2H3;2*1H3. The minimum Gasteiger partial charge on any atom is -0.508 e. The summed E-state index contributed by atoms with van der Waals surface area (Å²) >= 11 is 0. The van der Waals surface area contributed by atoms with Crippen molar-refractivity contribution in [3.8, 4) is 5.75 Å². The molecule has 0 saturated carbocycles. The van der Waals surface area contributed by atoms with Gasteiger partial charge in [-0.1, -0.05) is 45.9 Å². The molecule has 15 heavy (non-hydrogen) atoms. The highest BCUT2D eigenvalue weighted by Crippen LogP contribution is 2.02. The number of phenols is 1. The summed E-state index contributed by atoms with van der Waals surface area (Å²) in [6.07, 6.45) is 0. The molecule has 0 amide bonds. The van der Waals surface area contributed by atoms with Gasteiger partial charge in [-0.15, -0.1) is 0 Å². The molecule has 1 aromatic rings. The average Bonchev–Trinajstić information content (AvgIpc) is 2.40. The van der Waals surface area contributed by atoms with Crippen molar-refractivity contribution in [3.63, 3.8) is 0 Å². The molecular formula is C12H24F2O. The fourth-order valence-corrected chi connectivity index (χ4v) is 0.428. The number of hydrogen-bond acceptors (Lipinski definition) is 1. The fourth-order valence-electron chi connectivity index (χ4n) is 0.428. The van der Waals surface area contributed by atoms with E-state index in [0.717, 1.165) is 0 Å². The van der Waals surface area contributed by atoms with E-state index in [4.69, 9.17) is 5.11 Å². The lowest BCUT2D eigenvalue weighted by atomic mass is 10.3. The van der Waals surface area contributed by atoms with Crippen LogP contribution in [0.4, 0.5) is 8.78 Å². The third kappa shape index (κ3) is 32.2. The van der Waals surface area contributed by atoms with Gasteiger partial charge in [0.2, 0.25) is 0 Å². The molecule has 1 rings (SSSR count). The highest BCUT2D eigenvalue weighted by atomic mass is 19.1. The smallest absolute Gasteiger partial charge is 0.115 e. The molecule has 0 aliphatic heterocycles. The summed E-state index contributed by atoms with van der Waals surface area (Å²) < 4.78 is 19.0. The van der Waals surface area contributed by atoms with Crippen molar-refractivity contribution >= 4 is 0 Å². The van der Waals surface area contributed by atoms with Gasteiger partial charge in [0.05, 0.1) is 14.4 Å². The summed E-state index contributed by atoms with van der Waals surface area (Å²) in [5.41, 5.74) is 0. The molecule has 0 bridgehead atoms. The molecule has 0 aromatic heterocycles. The predicted molar refractivity (Wildman–Crippen MR) is 64.9 cm³/mol. The number of halogens is 2. The third-order valence-electron chi connectivity index (χ3n) is 0.756. The second-order valence-electron chi connectivity index (χ2n) is 1.34. The van der Waals surface area contributed by atoms with Crippen molar-refractivity contribution in [1.82, 2.24) is 0 Å². The van der Waals surface area contributed by atoms with Crippen LogP contribution >= 0.6 is 0 Å². The lowest BCUT2D eigenvalue weighted by molar-refractivity contribution is 0.475. The number of phenolic OH excluding ortho intramolecular Hbond substituents is 1. The first-order valence-corrected chi connectivity index (χ1v) is 4.89. The highest BCUT2D eigenvalue weighted by Gasteiger charge is 1.74. The topological polar surface area (TPSA) is 20.2 Å². The summed E-state index contributed by atoms with van der Waals surface area (Å²) in [5.74, 6) is 0.322. The van der Waals surface area contributed by atoms with Crippen molar-refractivity contribution in [1.29, 1.82) is 0 Å². The van der Waals surface area contributed by atoms with E-state index in [-0.39, 0.29) is 0 Å². The van der Waals surface area contributed by atoms with Gasteiger partial charge < -0.3 is 5.11 Å². The molecule has 0 heterocycles. The third-order valence-corrected chi connectivity index (χ3v) is 0.756. The van der Waals surface area contributed by atoms with Gasteiger partial charge in [0.15, 0.2) is 0 Å². The van der Waals surface area contributed by atoms with Crippen molar-refractivity contribution in [3.05, 3.63) is 30.3 Å². The van der Waals surface area contributed by atoms with Crippen molar-refractivity contribution in [2.45, 2.75) is 27.7 Å². The van der Waals surface area contributed by atoms with Crippen LogP contribution in [-0.4, -0.2) is 19.5 Å². The molecule has 0 spiro atoms. The van der Waals surface area contributed by atoms with Gasteiger partial charge in [-0.2, -0.15) is 0 Å². The first kappa shape index (κ1) is 23.6. The van der Waals surface area contributed by atoms with Gasteiger partial charge in [0.1, 0.15) is 5.75 Å². The van der Waals surface area contributed by atoms with Crippen LogP contribution in [0.1, 0.15) is 27.7 Å². The van der Waals surface area contributed by atoms with Gasteiger partial charge >= 0.3 is 0 Å². The van der Waals surface area contributed by atoms with E-state index in [0.29, 0.717) is 20.1 Å². The second-order valence-corrected chi connectivity index (χ2v) is 1.34. The van der Waals surface area contributed by atoms with Crippen molar-refractivity contribution in [2.75, 3.05) is 14.4 Å². The Hall–Kier alpha value is -1.12. The highest BCUT2D eigenvalue weighted by molar-refractivity contribution is 5.18. The first-order chi connectivity index (χ1) is 7.39. The number of para-hydroxylation sites is 1. The van der Waals surface area contributed by atoms with Gasteiger partial charge in [-0.25, -0.2) is 0 Å². The summed E-state index contributed by atoms with van der Waals surface area (Å²) in [7, 11) is 1.00. The van der Waals surface area contributed by atoms with E-state index < -0.39 is 0 Å².